The molecule has 0 spiro atoms. The monoisotopic (exact) mass is 273 g/mol. The van der Waals surface area contributed by atoms with Crippen molar-refractivity contribution in [2.75, 3.05) is 25.1 Å². The van der Waals surface area contributed by atoms with Gasteiger partial charge < -0.3 is 10.1 Å². The number of aryl methyl sites for hydroxylation is 1. The fraction of sp³-hybridized carbons (Fsp3) is 0.692. The van der Waals surface area contributed by atoms with E-state index in [0.717, 1.165) is 30.0 Å². The summed E-state index contributed by atoms with van der Waals surface area (Å²) in [5.74, 6) is 1.46. The van der Waals surface area contributed by atoms with Gasteiger partial charge in [-0.25, -0.2) is 18.7 Å². The van der Waals surface area contributed by atoms with Crippen molar-refractivity contribution in [1.82, 2.24) is 9.97 Å². The number of nitrogens with zero attached hydrogens (tertiary/aromatic N) is 2. The van der Waals surface area contributed by atoms with Crippen molar-refractivity contribution in [3.05, 3.63) is 17.1 Å². The Kier molecular flexibility index (Phi) is 6.62. The van der Waals surface area contributed by atoms with Crippen LogP contribution >= 0.6 is 0 Å². The second-order valence-electron chi connectivity index (χ2n) is 4.15. The Bertz CT molecular complexity index is 400. The molecular formula is C13H21F2N3O. The van der Waals surface area contributed by atoms with Gasteiger partial charge in [-0.3, -0.25) is 0 Å². The van der Waals surface area contributed by atoms with Crippen LogP contribution in [-0.2, 0) is 17.6 Å². The van der Waals surface area contributed by atoms with E-state index in [-0.39, 0.29) is 6.61 Å². The summed E-state index contributed by atoms with van der Waals surface area (Å²) in [6.07, 6.45) is -1.13. The molecule has 0 bridgehead atoms. The zero-order valence-electron chi connectivity index (χ0n) is 11.7. The molecule has 0 radical (unpaired) electrons. The van der Waals surface area contributed by atoms with Gasteiger partial charge in [0.2, 0.25) is 0 Å². The summed E-state index contributed by atoms with van der Waals surface area (Å²) in [5, 5.41) is 3.20. The van der Waals surface area contributed by atoms with E-state index in [4.69, 9.17) is 4.74 Å². The van der Waals surface area contributed by atoms with E-state index in [1.54, 1.807) is 0 Å². The second-order valence-corrected chi connectivity index (χ2v) is 4.15. The summed E-state index contributed by atoms with van der Waals surface area (Å²) in [6.45, 7) is 6.45. The minimum Gasteiger partial charge on any atom is -0.375 e. The van der Waals surface area contributed by atoms with Crippen LogP contribution in [0.15, 0.2) is 0 Å². The molecule has 1 N–H and O–H groups in total. The van der Waals surface area contributed by atoms with E-state index in [0.29, 0.717) is 12.2 Å². The van der Waals surface area contributed by atoms with Gasteiger partial charge in [-0.05, 0) is 20.3 Å². The van der Waals surface area contributed by atoms with E-state index in [9.17, 15) is 8.78 Å². The van der Waals surface area contributed by atoms with Gasteiger partial charge in [0.05, 0.1) is 6.61 Å². The van der Waals surface area contributed by atoms with Gasteiger partial charge in [0.15, 0.2) is 0 Å². The van der Waals surface area contributed by atoms with Gasteiger partial charge in [-0.15, -0.1) is 0 Å². The zero-order chi connectivity index (χ0) is 14.3. The predicted octanol–water partition coefficient (Wildman–Crippen LogP) is 2.60. The zero-order valence-corrected chi connectivity index (χ0v) is 11.7. The van der Waals surface area contributed by atoms with E-state index in [1.807, 2.05) is 13.8 Å². The third kappa shape index (κ3) is 5.06. The van der Waals surface area contributed by atoms with Crippen molar-refractivity contribution in [2.24, 2.45) is 0 Å². The summed E-state index contributed by atoms with van der Waals surface area (Å²) in [6, 6.07) is 0. The molecule has 0 atom stereocenters. The highest BCUT2D eigenvalue weighted by Gasteiger charge is 2.10. The number of rotatable bonds is 8. The lowest BCUT2D eigenvalue weighted by molar-refractivity contribution is 0.0183. The molecule has 1 aromatic rings. The van der Waals surface area contributed by atoms with Crippen LogP contribution in [-0.4, -0.2) is 36.2 Å². The van der Waals surface area contributed by atoms with Crippen LogP contribution in [0.2, 0.25) is 0 Å². The van der Waals surface area contributed by atoms with Crippen LogP contribution in [0, 0.1) is 6.92 Å². The van der Waals surface area contributed by atoms with Crippen molar-refractivity contribution in [1.29, 1.82) is 0 Å². The molecule has 0 amide bonds. The Balaban J connectivity index is 2.68. The minimum absolute atomic E-state index is 0.209. The van der Waals surface area contributed by atoms with Gasteiger partial charge >= 0.3 is 0 Å². The first kappa shape index (κ1) is 15.8. The number of ether oxygens (including phenoxy) is 1. The maximum atomic E-state index is 11.9. The topological polar surface area (TPSA) is 47.0 Å². The molecule has 1 aromatic heterocycles. The van der Waals surface area contributed by atoms with Crippen molar-refractivity contribution in [3.63, 3.8) is 0 Å². The molecule has 0 aliphatic rings. The van der Waals surface area contributed by atoms with E-state index in [1.165, 1.54) is 0 Å². The summed E-state index contributed by atoms with van der Waals surface area (Å²) in [7, 11) is 0. The first-order valence-corrected chi connectivity index (χ1v) is 6.54. The van der Waals surface area contributed by atoms with Gasteiger partial charge in [-0.2, -0.15) is 0 Å². The number of anilines is 1. The van der Waals surface area contributed by atoms with Crippen molar-refractivity contribution in [3.8, 4) is 0 Å². The molecule has 0 aromatic carbocycles. The lowest BCUT2D eigenvalue weighted by atomic mass is 10.1. The van der Waals surface area contributed by atoms with Crippen LogP contribution in [0.25, 0.3) is 0 Å². The largest absolute Gasteiger partial charge is 0.375 e. The summed E-state index contributed by atoms with van der Waals surface area (Å²) >= 11 is 0. The van der Waals surface area contributed by atoms with Crippen LogP contribution in [0.1, 0.15) is 30.9 Å². The van der Waals surface area contributed by atoms with Crippen LogP contribution < -0.4 is 5.32 Å². The smallest absolute Gasteiger partial charge is 0.261 e. The Hall–Kier alpha value is -1.30. The maximum Gasteiger partial charge on any atom is 0.261 e. The third-order valence-corrected chi connectivity index (χ3v) is 2.67. The summed E-state index contributed by atoms with van der Waals surface area (Å²) < 4.78 is 28.7. The lowest BCUT2D eigenvalue weighted by Gasteiger charge is -2.12. The first-order valence-electron chi connectivity index (χ1n) is 6.54. The van der Waals surface area contributed by atoms with Crippen LogP contribution in [0.5, 0.6) is 0 Å². The SMILES string of the molecule is CCNc1nc(CCOCC(F)F)nc(C)c1CC. The van der Waals surface area contributed by atoms with Gasteiger partial charge in [0.25, 0.3) is 6.43 Å². The Morgan fingerprint density at radius 2 is 2.00 bits per heavy atom. The van der Waals surface area contributed by atoms with Gasteiger partial charge in [0.1, 0.15) is 18.2 Å². The lowest BCUT2D eigenvalue weighted by Crippen LogP contribution is -2.12. The Labute approximate surface area is 112 Å². The van der Waals surface area contributed by atoms with E-state index in [2.05, 4.69) is 22.2 Å². The number of alkyl halides is 2. The average molecular weight is 273 g/mol. The van der Waals surface area contributed by atoms with Crippen molar-refractivity contribution in [2.45, 2.75) is 40.0 Å². The standard InChI is InChI=1S/C13H21F2N3O/c1-4-10-9(3)17-12(18-13(10)16-5-2)6-7-19-8-11(14)15/h11H,4-8H2,1-3H3,(H,16,17,18). The Morgan fingerprint density at radius 3 is 2.58 bits per heavy atom. The molecule has 0 unspecified atom stereocenters. The first-order chi connectivity index (χ1) is 9.08. The van der Waals surface area contributed by atoms with Crippen LogP contribution in [0.4, 0.5) is 14.6 Å². The Morgan fingerprint density at radius 1 is 1.26 bits per heavy atom. The molecule has 1 heterocycles. The van der Waals surface area contributed by atoms with Gasteiger partial charge in [0, 0.05) is 24.2 Å². The average Bonchev–Trinajstić information content (AvgIpc) is 2.35. The highest BCUT2D eigenvalue weighted by Crippen LogP contribution is 2.17. The fourth-order valence-corrected chi connectivity index (χ4v) is 1.84. The molecule has 0 aliphatic heterocycles. The quantitative estimate of drug-likeness (QED) is 0.740. The molecule has 19 heavy (non-hydrogen) atoms. The normalized spacial score (nSPS) is 11.1. The number of hydrogen-bond donors (Lipinski definition) is 1. The van der Waals surface area contributed by atoms with E-state index >= 15 is 0 Å². The molecule has 0 aliphatic carbocycles. The molecule has 4 nitrogen and oxygen atoms in total. The number of hydrogen-bond acceptors (Lipinski definition) is 4. The number of aromatic nitrogens is 2. The van der Waals surface area contributed by atoms with Gasteiger partial charge in [-0.1, -0.05) is 6.92 Å². The highest BCUT2D eigenvalue weighted by molar-refractivity contribution is 5.46. The predicted molar refractivity (Wildman–Crippen MR) is 70.8 cm³/mol. The molecule has 0 fully saturated rings. The van der Waals surface area contributed by atoms with E-state index < -0.39 is 13.0 Å². The molecule has 0 saturated heterocycles. The van der Waals surface area contributed by atoms with Crippen molar-refractivity contribution >= 4 is 5.82 Å². The number of nitrogens with one attached hydrogen (secondary N) is 1. The molecule has 6 heteroatoms. The fourth-order valence-electron chi connectivity index (χ4n) is 1.84. The van der Waals surface area contributed by atoms with Crippen molar-refractivity contribution < 1.29 is 13.5 Å². The molecule has 0 saturated carbocycles. The minimum atomic E-state index is -2.43. The molecule has 108 valence electrons. The molecule has 1 rings (SSSR count). The number of halogens is 2. The second kappa shape index (κ2) is 7.99. The maximum absolute atomic E-state index is 11.9. The molecular weight excluding hydrogens is 252 g/mol. The summed E-state index contributed by atoms with van der Waals surface area (Å²) in [5.41, 5.74) is 2.02. The third-order valence-electron chi connectivity index (χ3n) is 2.67. The summed E-state index contributed by atoms with van der Waals surface area (Å²) in [4.78, 5) is 8.81. The van der Waals surface area contributed by atoms with Crippen LogP contribution in [0.3, 0.4) is 0 Å². The highest BCUT2D eigenvalue weighted by atomic mass is 19.3.